The predicted molar refractivity (Wildman–Crippen MR) is 70.2 cm³/mol. The minimum absolute atomic E-state index is 0.197. The van der Waals surface area contributed by atoms with Crippen LogP contribution in [0.2, 0.25) is 0 Å². The molecule has 2 rings (SSSR count). The third kappa shape index (κ3) is 3.13. The second-order valence-corrected chi connectivity index (χ2v) is 5.00. The fraction of sp³-hybridized carbons (Fsp3) is 0.615. The van der Waals surface area contributed by atoms with Crippen LogP contribution in [0.4, 0.5) is 0 Å². The van der Waals surface area contributed by atoms with Gasteiger partial charge in [-0.3, -0.25) is 9.59 Å². The lowest BCUT2D eigenvalue weighted by molar-refractivity contribution is 0.0954. The summed E-state index contributed by atoms with van der Waals surface area (Å²) in [6.45, 7) is 0. The molecule has 0 aromatic carbocycles. The summed E-state index contributed by atoms with van der Waals surface area (Å²) >= 11 is 0. The summed E-state index contributed by atoms with van der Waals surface area (Å²) in [4.78, 5) is 29.8. The molecule has 1 aliphatic rings. The Labute approximate surface area is 111 Å². The molecule has 6 heteroatoms. The van der Waals surface area contributed by atoms with Crippen LogP contribution in [0.1, 0.15) is 48.4 Å². The first-order valence-electron chi connectivity index (χ1n) is 6.66. The smallest absolute Gasteiger partial charge is 0.293 e. The summed E-state index contributed by atoms with van der Waals surface area (Å²) < 4.78 is 0. The van der Waals surface area contributed by atoms with E-state index in [1.165, 1.54) is 26.3 Å². The zero-order valence-electron chi connectivity index (χ0n) is 11.0. The first-order chi connectivity index (χ1) is 9.11. The number of nitrogens with one attached hydrogen (secondary N) is 2. The maximum absolute atomic E-state index is 11.6. The van der Waals surface area contributed by atoms with Gasteiger partial charge in [-0.25, -0.2) is 4.98 Å². The van der Waals surface area contributed by atoms with Crippen molar-refractivity contribution in [3.05, 3.63) is 21.9 Å². The minimum atomic E-state index is -0.653. The normalized spacial score (nSPS) is 16.3. The summed E-state index contributed by atoms with van der Waals surface area (Å²) in [6.07, 6.45) is 6.57. The largest absolute Gasteiger partial charge is 0.501 e. The lowest BCUT2D eigenvalue weighted by atomic mass is 9.87. The number of amides is 1. The Balaban J connectivity index is 2.23. The molecule has 1 amide bonds. The Morgan fingerprint density at radius 1 is 1.42 bits per heavy atom. The highest BCUT2D eigenvalue weighted by molar-refractivity contribution is 5.94. The van der Waals surface area contributed by atoms with Gasteiger partial charge in [-0.15, -0.1) is 0 Å². The Hall–Kier alpha value is -1.85. The topological polar surface area (TPSA) is 95.1 Å². The summed E-state index contributed by atoms with van der Waals surface area (Å²) in [5.74, 6) is -0.187. The zero-order chi connectivity index (χ0) is 13.8. The van der Waals surface area contributed by atoms with Gasteiger partial charge < -0.3 is 15.4 Å². The molecule has 0 atom stereocenters. The highest BCUT2D eigenvalue weighted by atomic mass is 16.3. The number of aromatic nitrogens is 2. The molecular weight excluding hydrogens is 246 g/mol. The number of aromatic hydroxyl groups is 1. The average Bonchev–Trinajstić information content (AvgIpc) is 2.43. The highest BCUT2D eigenvalue weighted by Crippen LogP contribution is 2.26. The van der Waals surface area contributed by atoms with Crippen molar-refractivity contribution in [2.45, 2.75) is 38.5 Å². The maximum atomic E-state index is 11.6. The van der Waals surface area contributed by atoms with Crippen molar-refractivity contribution in [3.8, 4) is 5.75 Å². The van der Waals surface area contributed by atoms with Crippen LogP contribution in [0.3, 0.4) is 0 Å². The molecule has 0 saturated heterocycles. The molecule has 0 bridgehead atoms. The van der Waals surface area contributed by atoms with E-state index in [2.05, 4.69) is 15.3 Å². The number of hydrogen-bond donors (Lipinski definition) is 3. The quantitative estimate of drug-likeness (QED) is 0.758. The molecule has 6 nitrogen and oxygen atoms in total. The van der Waals surface area contributed by atoms with Crippen molar-refractivity contribution in [2.75, 3.05) is 7.05 Å². The van der Waals surface area contributed by atoms with Gasteiger partial charge >= 0.3 is 0 Å². The number of hydrogen-bond acceptors (Lipinski definition) is 4. The lowest BCUT2D eigenvalue weighted by Gasteiger charge is -2.20. The highest BCUT2D eigenvalue weighted by Gasteiger charge is 2.19. The second kappa shape index (κ2) is 5.86. The van der Waals surface area contributed by atoms with Crippen LogP contribution in [0.5, 0.6) is 5.75 Å². The monoisotopic (exact) mass is 265 g/mol. The number of rotatable bonds is 3. The second-order valence-electron chi connectivity index (χ2n) is 5.00. The van der Waals surface area contributed by atoms with Gasteiger partial charge in [0, 0.05) is 13.5 Å². The Kier molecular flexibility index (Phi) is 4.19. The fourth-order valence-electron chi connectivity index (χ4n) is 2.55. The van der Waals surface area contributed by atoms with Crippen LogP contribution in [0.15, 0.2) is 4.79 Å². The van der Waals surface area contributed by atoms with Crippen LogP contribution < -0.4 is 10.9 Å². The van der Waals surface area contributed by atoms with E-state index in [0.29, 0.717) is 18.2 Å². The zero-order valence-corrected chi connectivity index (χ0v) is 11.0. The Bertz CT molecular complexity index is 518. The van der Waals surface area contributed by atoms with Crippen LogP contribution >= 0.6 is 0 Å². The molecular formula is C13H19N3O3. The molecule has 104 valence electrons. The SMILES string of the molecule is CNC(=O)c1nc(CC2CCCCC2)[nH]c(=O)c1O. The molecule has 1 heterocycles. The number of aromatic amines is 1. The van der Waals surface area contributed by atoms with Crippen molar-refractivity contribution in [2.24, 2.45) is 5.92 Å². The third-order valence-electron chi connectivity index (χ3n) is 3.59. The van der Waals surface area contributed by atoms with Gasteiger partial charge in [0.05, 0.1) is 0 Å². The maximum Gasteiger partial charge on any atom is 0.293 e. The Morgan fingerprint density at radius 3 is 2.74 bits per heavy atom. The van der Waals surface area contributed by atoms with Crippen LogP contribution in [0, 0.1) is 5.92 Å². The van der Waals surface area contributed by atoms with Gasteiger partial charge in [-0.05, 0) is 5.92 Å². The molecule has 1 aromatic heterocycles. The average molecular weight is 265 g/mol. The van der Waals surface area contributed by atoms with E-state index in [-0.39, 0.29) is 5.69 Å². The van der Waals surface area contributed by atoms with Gasteiger partial charge in [0.2, 0.25) is 5.75 Å². The summed E-state index contributed by atoms with van der Waals surface area (Å²) in [5.41, 5.74) is -0.850. The molecule has 0 spiro atoms. The van der Waals surface area contributed by atoms with Gasteiger partial charge in [0.25, 0.3) is 11.5 Å². The number of carbonyl (C=O) groups is 1. The van der Waals surface area contributed by atoms with E-state index in [1.807, 2.05) is 0 Å². The van der Waals surface area contributed by atoms with E-state index >= 15 is 0 Å². The molecule has 1 saturated carbocycles. The molecule has 1 aliphatic carbocycles. The van der Waals surface area contributed by atoms with Crippen LogP contribution in [0.25, 0.3) is 0 Å². The third-order valence-corrected chi connectivity index (χ3v) is 3.59. The predicted octanol–water partition coefficient (Wildman–Crippen LogP) is 0.958. The van der Waals surface area contributed by atoms with E-state index in [0.717, 1.165) is 12.8 Å². The van der Waals surface area contributed by atoms with Crippen molar-refractivity contribution < 1.29 is 9.90 Å². The first kappa shape index (κ1) is 13.6. The minimum Gasteiger partial charge on any atom is -0.501 e. The molecule has 1 fully saturated rings. The van der Waals surface area contributed by atoms with Crippen molar-refractivity contribution in [1.82, 2.24) is 15.3 Å². The molecule has 3 N–H and O–H groups in total. The first-order valence-corrected chi connectivity index (χ1v) is 6.66. The van der Waals surface area contributed by atoms with Crippen molar-refractivity contribution in [1.29, 1.82) is 0 Å². The van der Waals surface area contributed by atoms with Crippen LogP contribution in [-0.4, -0.2) is 28.0 Å². The lowest BCUT2D eigenvalue weighted by Crippen LogP contribution is -2.25. The number of carbonyl (C=O) groups excluding carboxylic acids is 1. The molecule has 19 heavy (non-hydrogen) atoms. The van der Waals surface area contributed by atoms with E-state index < -0.39 is 17.2 Å². The molecule has 0 aliphatic heterocycles. The van der Waals surface area contributed by atoms with Gasteiger partial charge in [0.1, 0.15) is 5.82 Å². The molecule has 0 unspecified atom stereocenters. The Morgan fingerprint density at radius 2 is 2.11 bits per heavy atom. The molecule has 1 aromatic rings. The number of H-pyrrole nitrogens is 1. The summed E-state index contributed by atoms with van der Waals surface area (Å²) in [6, 6.07) is 0. The molecule has 0 radical (unpaired) electrons. The van der Waals surface area contributed by atoms with E-state index in [1.54, 1.807) is 0 Å². The van der Waals surface area contributed by atoms with Crippen molar-refractivity contribution >= 4 is 5.91 Å². The number of nitrogens with zero attached hydrogens (tertiary/aromatic N) is 1. The van der Waals surface area contributed by atoms with E-state index in [4.69, 9.17) is 0 Å². The fourth-order valence-corrected chi connectivity index (χ4v) is 2.55. The van der Waals surface area contributed by atoms with E-state index in [9.17, 15) is 14.7 Å². The standard InChI is InChI=1S/C13H19N3O3/c1-14-12(18)10-11(17)13(19)16-9(15-10)7-8-5-3-2-4-6-8/h8,17H,2-7H2,1H3,(H,14,18)(H,15,16,19). The van der Waals surface area contributed by atoms with Gasteiger partial charge in [-0.1, -0.05) is 32.1 Å². The van der Waals surface area contributed by atoms with Crippen molar-refractivity contribution in [3.63, 3.8) is 0 Å². The van der Waals surface area contributed by atoms with Gasteiger partial charge in [0.15, 0.2) is 5.69 Å². The summed E-state index contributed by atoms with van der Waals surface area (Å²) in [5, 5.41) is 11.9. The van der Waals surface area contributed by atoms with Crippen LogP contribution in [-0.2, 0) is 6.42 Å². The summed E-state index contributed by atoms with van der Waals surface area (Å²) in [7, 11) is 1.44. The van der Waals surface area contributed by atoms with Gasteiger partial charge in [-0.2, -0.15) is 0 Å².